The van der Waals surface area contributed by atoms with Crippen LogP contribution in [0.25, 0.3) is 0 Å². The van der Waals surface area contributed by atoms with Crippen molar-refractivity contribution in [2.75, 3.05) is 6.54 Å². The molecule has 1 saturated carbocycles. The standard InChI is InChI=1S/C11H22N2O2S/c1-9(2)16(14,15)13-8-7-11(12)6-4-3-5-10(11)13/h9-10H,3-8,12H2,1-2H3. The molecule has 0 aromatic carbocycles. The van der Waals surface area contributed by atoms with Gasteiger partial charge in [0.15, 0.2) is 0 Å². The van der Waals surface area contributed by atoms with Gasteiger partial charge in [-0.15, -0.1) is 0 Å². The SMILES string of the molecule is CC(C)S(=O)(=O)N1CCC2(N)CCCCC12. The lowest BCUT2D eigenvalue weighted by molar-refractivity contribution is 0.221. The van der Waals surface area contributed by atoms with Gasteiger partial charge in [0.1, 0.15) is 0 Å². The third-order valence-corrected chi connectivity index (χ3v) is 6.38. The summed E-state index contributed by atoms with van der Waals surface area (Å²) in [5.41, 5.74) is 6.10. The number of hydrogen-bond donors (Lipinski definition) is 1. The van der Waals surface area contributed by atoms with Gasteiger partial charge in [0.25, 0.3) is 0 Å². The summed E-state index contributed by atoms with van der Waals surface area (Å²) >= 11 is 0. The lowest BCUT2D eigenvalue weighted by Gasteiger charge is -2.39. The van der Waals surface area contributed by atoms with Crippen molar-refractivity contribution in [2.45, 2.75) is 62.8 Å². The van der Waals surface area contributed by atoms with Crippen molar-refractivity contribution in [1.82, 2.24) is 4.31 Å². The maximum absolute atomic E-state index is 12.2. The van der Waals surface area contributed by atoms with Crippen molar-refractivity contribution in [3.8, 4) is 0 Å². The smallest absolute Gasteiger partial charge is 0.216 e. The lowest BCUT2D eigenvalue weighted by atomic mass is 9.79. The molecule has 0 amide bonds. The van der Waals surface area contributed by atoms with Crippen LogP contribution in [0.4, 0.5) is 0 Å². The van der Waals surface area contributed by atoms with Gasteiger partial charge >= 0.3 is 0 Å². The molecule has 2 N–H and O–H groups in total. The first-order valence-corrected chi connectivity index (χ1v) is 7.68. The molecule has 16 heavy (non-hydrogen) atoms. The highest BCUT2D eigenvalue weighted by Crippen LogP contribution is 2.39. The first-order chi connectivity index (χ1) is 7.38. The summed E-state index contributed by atoms with van der Waals surface area (Å²) in [5, 5.41) is -0.336. The Bertz CT molecular complexity index is 366. The molecule has 0 bridgehead atoms. The van der Waals surface area contributed by atoms with Crippen LogP contribution in [0.3, 0.4) is 0 Å². The molecule has 1 saturated heterocycles. The van der Waals surface area contributed by atoms with Crippen LogP contribution in [0.1, 0.15) is 46.0 Å². The number of fused-ring (bicyclic) bond motifs is 1. The summed E-state index contributed by atoms with van der Waals surface area (Å²) in [4.78, 5) is 0. The van der Waals surface area contributed by atoms with Gasteiger partial charge in [-0.05, 0) is 33.1 Å². The normalized spacial score (nSPS) is 36.6. The highest BCUT2D eigenvalue weighted by Gasteiger charge is 2.50. The Labute approximate surface area is 98.2 Å². The highest BCUT2D eigenvalue weighted by atomic mass is 32.2. The van der Waals surface area contributed by atoms with E-state index in [1.54, 1.807) is 18.2 Å². The molecule has 94 valence electrons. The zero-order chi connectivity index (χ0) is 12.0. The van der Waals surface area contributed by atoms with Gasteiger partial charge in [0.2, 0.25) is 10.0 Å². The fraction of sp³-hybridized carbons (Fsp3) is 1.00. The van der Waals surface area contributed by atoms with E-state index in [9.17, 15) is 8.42 Å². The van der Waals surface area contributed by atoms with Crippen LogP contribution in [-0.2, 0) is 10.0 Å². The van der Waals surface area contributed by atoms with Gasteiger partial charge in [-0.3, -0.25) is 0 Å². The quantitative estimate of drug-likeness (QED) is 0.792. The molecule has 2 rings (SSSR count). The molecule has 2 aliphatic rings. The number of sulfonamides is 1. The molecule has 1 heterocycles. The van der Waals surface area contributed by atoms with Crippen LogP contribution in [-0.4, -0.2) is 36.1 Å². The molecule has 5 heteroatoms. The minimum absolute atomic E-state index is 0.0497. The van der Waals surface area contributed by atoms with Crippen molar-refractivity contribution in [1.29, 1.82) is 0 Å². The van der Waals surface area contributed by atoms with Crippen LogP contribution >= 0.6 is 0 Å². The van der Waals surface area contributed by atoms with E-state index in [4.69, 9.17) is 5.73 Å². The predicted octanol–water partition coefficient (Wildman–Crippen LogP) is 1.07. The first-order valence-electron chi connectivity index (χ1n) is 6.17. The van der Waals surface area contributed by atoms with Crippen LogP contribution in [0, 0.1) is 0 Å². The summed E-state index contributed by atoms with van der Waals surface area (Å²) in [6.45, 7) is 4.10. The average Bonchev–Trinajstić information content (AvgIpc) is 2.55. The van der Waals surface area contributed by atoms with E-state index in [-0.39, 0.29) is 16.8 Å². The summed E-state index contributed by atoms with van der Waals surface area (Å²) < 4.78 is 26.1. The van der Waals surface area contributed by atoms with E-state index >= 15 is 0 Å². The Morgan fingerprint density at radius 1 is 1.31 bits per heavy atom. The molecule has 2 fully saturated rings. The van der Waals surface area contributed by atoms with Crippen molar-refractivity contribution in [3.05, 3.63) is 0 Å². The van der Waals surface area contributed by atoms with Crippen molar-refractivity contribution in [3.63, 3.8) is 0 Å². The molecule has 2 unspecified atom stereocenters. The van der Waals surface area contributed by atoms with E-state index in [0.29, 0.717) is 6.54 Å². The maximum Gasteiger partial charge on any atom is 0.216 e. The van der Waals surface area contributed by atoms with E-state index < -0.39 is 10.0 Å². The lowest BCUT2D eigenvalue weighted by Crippen LogP contribution is -2.55. The average molecular weight is 246 g/mol. The molecule has 2 atom stereocenters. The van der Waals surface area contributed by atoms with E-state index in [1.165, 1.54) is 0 Å². The van der Waals surface area contributed by atoms with Gasteiger partial charge in [-0.1, -0.05) is 12.8 Å². The molecule has 1 aliphatic heterocycles. The van der Waals surface area contributed by atoms with Crippen LogP contribution in [0.2, 0.25) is 0 Å². The first kappa shape index (κ1) is 12.3. The van der Waals surface area contributed by atoms with Gasteiger partial charge in [0, 0.05) is 18.1 Å². The Morgan fingerprint density at radius 2 is 2.00 bits per heavy atom. The maximum atomic E-state index is 12.2. The minimum atomic E-state index is -3.13. The summed E-state index contributed by atoms with van der Waals surface area (Å²) in [5.74, 6) is 0. The molecular weight excluding hydrogens is 224 g/mol. The molecule has 0 aromatic heterocycles. The van der Waals surface area contributed by atoms with Crippen LogP contribution < -0.4 is 5.73 Å². The molecule has 1 aliphatic carbocycles. The Hall–Kier alpha value is -0.130. The second-order valence-corrected chi connectivity index (χ2v) is 7.89. The van der Waals surface area contributed by atoms with E-state index in [2.05, 4.69) is 0 Å². The Kier molecular flexibility index (Phi) is 3.05. The number of nitrogens with zero attached hydrogens (tertiary/aromatic N) is 1. The van der Waals surface area contributed by atoms with Crippen molar-refractivity contribution in [2.24, 2.45) is 5.73 Å². The van der Waals surface area contributed by atoms with Crippen molar-refractivity contribution >= 4 is 10.0 Å². The van der Waals surface area contributed by atoms with Gasteiger partial charge in [-0.25, -0.2) is 8.42 Å². The zero-order valence-electron chi connectivity index (χ0n) is 10.1. The van der Waals surface area contributed by atoms with Gasteiger partial charge in [-0.2, -0.15) is 4.31 Å². The van der Waals surface area contributed by atoms with E-state index in [1.807, 2.05) is 0 Å². The monoisotopic (exact) mass is 246 g/mol. The second kappa shape index (κ2) is 3.96. The summed E-state index contributed by atoms with van der Waals surface area (Å²) in [6, 6.07) is 0.0497. The molecular formula is C11H22N2O2S. The topological polar surface area (TPSA) is 63.4 Å². The molecule has 4 nitrogen and oxygen atoms in total. The fourth-order valence-electron chi connectivity index (χ4n) is 3.02. The molecule has 0 aromatic rings. The second-order valence-electron chi connectivity index (χ2n) is 5.45. The molecule has 0 radical (unpaired) electrons. The summed E-state index contributed by atoms with van der Waals surface area (Å²) in [7, 11) is -3.13. The zero-order valence-corrected chi connectivity index (χ0v) is 11.0. The number of hydrogen-bond acceptors (Lipinski definition) is 3. The fourth-order valence-corrected chi connectivity index (χ4v) is 4.58. The summed E-state index contributed by atoms with van der Waals surface area (Å²) in [6.07, 6.45) is 4.98. The largest absolute Gasteiger partial charge is 0.324 e. The number of rotatable bonds is 2. The van der Waals surface area contributed by atoms with Crippen molar-refractivity contribution < 1.29 is 8.42 Å². The molecule has 0 spiro atoms. The Morgan fingerprint density at radius 3 is 2.62 bits per heavy atom. The third-order valence-electron chi connectivity index (χ3n) is 4.10. The van der Waals surface area contributed by atoms with Crippen LogP contribution in [0.15, 0.2) is 0 Å². The van der Waals surface area contributed by atoms with Gasteiger partial charge < -0.3 is 5.73 Å². The Balaban J connectivity index is 2.26. The number of nitrogens with two attached hydrogens (primary N) is 1. The minimum Gasteiger partial charge on any atom is -0.324 e. The predicted molar refractivity (Wildman–Crippen MR) is 64.6 cm³/mol. The van der Waals surface area contributed by atoms with E-state index in [0.717, 1.165) is 32.1 Å². The highest BCUT2D eigenvalue weighted by molar-refractivity contribution is 7.89. The van der Waals surface area contributed by atoms with Crippen LogP contribution in [0.5, 0.6) is 0 Å². The third kappa shape index (κ3) is 1.79. The van der Waals surface area contributed by atoms with Gasteiger partial charge in [0.05, 0.1) is 5.25 Å².